The Morgan fingerprint density at radius 1 is 0.553 bits per heavy atom. The lowest BCUT2D eigenvalue weighted by atomic mass is 9.47. The smallest absolute Gasteiger partial charge is 0.240 e. The van der Waals surface area contributed by atoms with Crippen LogP contribution in [0.3, 0.4) is 0 Å². The van der Waals surface area contributed by atoms with Gasteiger partial charge in [0, 0.05) is 22.9 Å². The number of hydrogen-bond donors (Lipinski definition) is 0. The standard InChI is InChI=1S/C38H29N3O6/c1-46-24-16-12-21(13-17-24)39-34(42)30-27-20-28-26-10-6-7-11-29(26)41(23-8-4-3-5-9-23)38(28,32(30)36(39)44)33-31(27)35(43)40(37(33)45)22-14-18-25(47-2)19-15-22/h3-20,27,30-33H,1-2H3. The zero-order valence-corrected chi connectivity index (χ0v) is 25.6. The number of anilines is 4. The Kier molecular flexibility index (Phi) is 5.67. The molecule has 6 aliphatic rings. The van der Waals surface area contributed by atoms with Crippen LogP contribution in [-0.4, -0.2) is 43.4 Å². The van der Waals surface area contributed by atoms with Gasteiger partial charge < -0.3 is 14.4 Å². The topological polar surface area (TPSA) is 96.5 Å². The number of hydrogen-bond acceptors (Lipinski definition) is 7. The number of amides is 4. The number of para-hydroxylation sites is 2. The fourth-order valence-corrected chi connectivity index (χ4v) is 9.07. The highest BCUT2D eigenvalue weighted by Crippen LogP contribution is 2.71. The first kappa shape index (κ1) is 27.6. The maximum atomic E-state index is 15.0. The van der Waals surface area contributed by atoms with Gasteiger partial charge in [0.15, 0.2) is 0 Å². The van der Waals surface area contributed by atoms with Crippen LogP contribution < -0.4 is 24.2 Å². The summed E-state index contributed by atoms with van der Waals surface area (Å²) in [6.07, 6.45) is 2.02. The molecule has 232 valence electrons. The molecule has 1 saturated carbocycles. The summed E-state index contributed by atoms with van der Waals surface area (Å²) in [7, 11) is 3.11. The zero-order chi connectivity index (χ0) is 32.2. The number of carbonyl (C=O) groups is 4. The van der Waals surface area contributed by atoms with Gasteiger partial charge in [0.25, 0.3) is 0 Å². The molecule has 1 spiro atoms. The maximum absolute atomic E-state index is 15.0. The van der Waals surface area contributed by atoms with Crippen molar-refractivity contribution in [2.75, 3.05) is 28.9 Å². The Morgan fingerprint density at radius 2 is 1.04 bits per heavy atom. The van der Waals surface area contributed by atoms with E-state index in [1.807, 2.05) is 60.7 Å². The lowest BCUT2D eigenvalue weighted by Gasteiger charge is -2.57. The molecule has 3 aliphatic carbocycles. The second-order valence-electron chi connectivity index (χ2n) is 12.6. The molecule has 9 nitrogen and oxygen atoms in total. The first-order valence-electron chi connectivity index (χ1n) is 15.6. The molecule has 0 aromatic heterocycles. The van der Waals surface area contributed by atoms with Crippen LogP contribution in [0.4, 0.5) is 22.7 Å². The van der Waals surface area contributed by atoms with Gasteiger partial charge in [0.1, 0.15) is 11.5 Å². The monoisotopic (exact) mass is 623 g/mol. The Hall–Kier alpha value is -5.70. The molecule has 4 aromatic carbocycles. The fraction of sp³-hybridized carbons (Fsp3) is 0.211. The third-order valence-corrected chi connectivity index (χ3v) is 10.8. The molecule has 47 heavy (non-hydrogen) atoms. The van der Waals surface area contributed by atoms with Crippen molar-refractivity contribution in [3.05, 3.63) is 115 Å². The maximum Gasteiger partial charge on any atom is 0.240 e. The van der Waals surface area contributed by atoms with E-state index in [1.54, 1.807) is 62.8 Å². The van der Waals surface area contributed by atoms with E-state index < -0.39 is 35.1 Å². The van der Waals surface area contributed by atoms with Gasteiger partial charge in [-0.15, -0.1) is 0 Å². The summed E-state index contributed by atoms with van der Waals surface area (Å²) in [5.74, 6) is -4.50. The second-order valence-corrected chi connectivity index (χ2v) is 12.6. The van der Waals surface area contributed by atoms with E-state index in [4.69, 9.17) is 9.47 Å². The molecule has 3 aliphatic heterocycles. The van der Waals surface area contributed by atoms with E-state index >= 15 is 0 Å². The number of nitrogens with zero attached hydrogens (tertiary/aromatic N) is 3. The number of rotatable bonds is 5. The summed E-state index contributed by atoms with van der Waals surface area (Å²) in [6, 6.07) is 31.1. The molecule has 3 fully saturated rings. The van der Waals surface area contributed by atoms with Gasteiger partial charge in [-0.25, -0.2) is 9.80 Å². The van der Waals surface area contributed by atoms with Gasteiger partial charge in [-0.3, -0.25) is 19.2 Å². The van der Waals surface area contributed by atoms with Crippen LogP contribution in [0.25, 0.3) is 5.57 Å². The minimum atomic E-state index is -1.34. The van der Waals surface area contributed by atoms with Gasteiger partial charge >= 0.3 is 0 Å². The molecular weight excluding hydrogens is 594 g/mol. The molecule has 4 atom stereocenters. The molecule has 9 heteroatoms. The Bertz CT molecular complexity index is 1950. The molecule has 2 saturated heterocycles. The fourth-order valence-electron chi connectivity index (χ4n) is 9.07. The van der Waals surface area contributed by atoms with Crippen LogP contribution in [0.1, 0.15) is 5.56 Å². The number of carbonyl (C=O) groups excluding carboxylic acids is 4. The SMILES string of the molecule is COc1ccc(N2C(=O)C3C4C=C5c6ccccc6N(c6ccccc6)C5(C3C2=O)C2C(=O)N(c3ccc(OC)cc3)C(=O)C42)cc1. The molecule has 0 N–H and O–H groups in total. The first-order chi connectivity index (χ1) is 22.9. The van der Waals surface area contributed by atoms with Crippen LogP contribution in [0.15, 0.2) is 109 Å². The van der Waals surface area contributed by atoms with Crippen LogP contribution in [0, 0.1) is 29.6 Å². The van der Waals surface area contributed by atoms with Crippen molar-refractivity contribution in [3.63, 3.8) is 0 Å². The summed E-state index contributed by atoms with van der Waals surface area (Å²) in [4.78, 5) is 63.7. The van der Waals surface area contributed by atoms with Crippen molar-refractivity contribution < 1.29 is 28.7 Å². The van der Waals surface area contributed by atoms with E-state index in [2.05, 4.69) is 4.90 Å². The van der Waals surface area contributed by atoms with E-state index in [-0.39, 0.29) is 23.6 Å². The van der Waals surface area contributed by atoms with Crippen LogP contribution >= 0.6 is 0 Å². The number of fused-ring (bicyclic) bond motifs is 1. The van der Waals surface area contributed by atoms with E-state index in [1.165, 1.54) is 9.80 Å². The number of benzene rings is 4. The molecule has 0 radical (unpaired) electrons. The number of allylic oxidation sites excluding steroid dienone is 1. The highest BCUT2D eigenvalue weighted by Gasteiger charge is 2.80. The number of imide groups is 2. The third-order valence-electron chi connectivity index (χ3n) is 10.8. The van der Waals surface area contributed by atoms with Crippen molar-refractivity contribution in [1.82, 2.24) is 0 Å². The molecule has 4 unspecified atom stereocenters. The van der Waals surface area contributed by atoms with Crippen LogP contribution in [-0.2, 0) is 19.2 Å². The van der Waals surface area contributed by atoms with Crippen LogP contribution in [0.2, 0.25) is 0 Å². The molecule has 10 rings (SSSR count). The highest BCUT2D eigenvalue weighted by molar-refractivity contribution is 6.29. The first-order valence-corrected chi connectivity index (χ1v) is 15.6. The predicted octanol–water partition coefficient (Wildman–Crippen LogP) is 5.23. The third kappa shape index (κ3) is 3.33. The highest BCUT2D eigenvalue weighted by atomic mass is 16.5. The van der Waals surface area contributed by atoms with Crippen molar-refractivity contribution in [2.24, 2.45) is 29.6 Å². The number of methoxy groups -OCH3 is 2. The van der Waals surface area contributed by atoms with E-state index in [0.29, 0.717) is 22.9 Å². The zero-order valence-electron chi connectivity index (χ0n) is 25.6. The lowest BCUT2D eigenvalue weighted by Crippen LogP contribution is -2.68. The number of ether oxygens (including phenoxy) is 2. The predicted molar refractivity (Wildman–Crippen MR) is 174 cm³/mol. The summed E-state index contributed by atoms with van der Waals surface area (Å²) in [6.45, 7) is 0. The Labute approximate surface area is 270 Å². The quantitative estimate of drug-likeness (QED) is 0.281. The van der Waals surface area contributed by atoms with Gasteiger partial charge in [-0.05, 0) is 72.3 Å². The van der Waals surface area contributed by atoms with Crippen molar-refractivity contribution in [2.45, 2.75) is 5.54 Å². The lowest BCUT2D eigenvalue weighted by molar-refractivity contribution is -0.138. The van der Waals surface area contributed by atoms with E-state index in [9.17, 15) is 19.2 Å². The van der Waals surface area contributed by atoms with Gasteiger partial charge in [-0.1, -0.05) is 42.5 Å². The molecule has 2 bridgehead atoms. The summed E-state index contributed by atoms with van der Waals surface area (Å²) >= 11 is 0. The second kappa shape index (κ2) is 9.65. The van der Waals surface area contributed by atoms with Crippen molar-refractivity contribution in [1.29, 1.82) is 0 Å². The van der Waals surface area contributed by atoms with E-state index in [0.717, 1.165) is 22.5 Å². The largest absolute Gasteiger partial charge is 0.497 e. The molecule has 3 heterocycles. The average molecular weight is 624 g/mol. The molecule has 4 aromatic rings. The Morgan fingerprint density at radius 3 is 1.55 bits per heavy atom. The van der Waals surface area contributed by atoms with Gasteiger partial charge in [0.2, 0.25) is 23.6 Å². The Balaban J connectivity index is 1.29. The summed E-state index contributed by atoms with van der Waals surface area (Å²) < 4.78 is 10.6. The van der Waals surface area contributed by atoms with Gasteiger partial charge in [0.05, 0.1) is 54.8 Å². The van der Waals surface area contributed by atoms with Gasteiger partial charge in [-0.2, -0.15) is 0 Å². The molecular formula is C38H29N3O6. The van der Waals surface area contributed by atoms with Crippen molar-refractivity contribution in [3.8, 4) is 11.5 Å². The van der Waals surface area contributed by atoms with Crippen molar-refractivity contribution >= 4 is 52.0 Å². The summed E-state index contributed by atoms with van der Waals surface area (Å²) in [5, 5.41) is 0. The van der Waals surface area contributed by atoms with Crippen LogP contribution in [0.5, 0.6) is 11.5 Å². The minimum absolute atomic E-state index is 0.365. The normalized spacial score (nSPS) is 28.3. The molecule has 4 amide bonds. The average Bonchev–Trinajstić information content (AvgIpc) is 3.68. The minimum Gasteiger partial charge on any atom is -0.497 e. The summed E-state index contributed by atoms with van der Waals surface area (Å²) in [5.41, 5.74) is 2.83.